The molecular weight excluding hydrogens is 539 g/mol. The molecule has 1 saturated heterocycles. The number of nitrogens with one attached hydrogen (secondary N) is 2. The van der Waals surface area contributed by atoms with Gasteiger partial charge in [0, 0.05) is 48.9 Å². The Morgan fingerprint density at radius 3 is 2.54 bits per heavy atom. The third-order valence-electron chi connectivity index (χ3n) is 5.88. The van der Waals surface area contributed by atoms with Crippen LogP contribution in [0.1, 0.15) is 28.8 Å². The highest BCUT2D eigenvalue weighted by atomic mass is 35.5. The molecule has 37 heavy (non-hydrogen) atoms. The van der Waals surface area contributed by atoms with E-state index in [9.17, 15) is 24.3 Å². The van der Waals surface area contributed by atoms with E-state index in [1.165, 1.54) is 30.2 Å². The molecule has 1 aromatic carbocycles. The Labute approximate surface area is 228 Å². The van der Waals surface area contributed by atoms with Gasteiger partial charge in [-0.1, -0.05) is 29.3 Å². The van der Waals surface area contributed by atoms with Gasteiger partial charge in [0.05, 0.1) is 15.6 Å². The molecule has 1 fully saturated rings. The first-order valence-corrected chi connectivity index (χ1v) is 13.4. The van der Waals surface area contributed by atoms with Gasteiger partial charge in [-0.2, -0.15) is 0 Å². The molecule has 3 rings (SSSR count). The summed E-state index contributed by atoms with van der Waals surface area (Å²) in [6, 6.07) is 5.47. The zero-order valence-corrected chi connectivity index (χ0v) is 22.3. The van der Waals surface area contributed by atoms with Crippen LogP contribution in [0.25, 0.3) is 6.08 Å². The second-order valence-corrected chi connectivity index (χ2v) is 9.87. The molecule has 1 atom stereocenters. The Morgan fingerprint density at radius 1 is 1.19 bits per heavy atom. The highest BCUT2D eigenvalue weighted by molar-refractivity contribution is 7.98. The third kappa shape index (κ3) is 7.70. The fourth-order valence-corrected chi connectivity index (χ4v) is 4.92. The number of nitrogens with zero attached hydrogens (tertiary/aromatic N) is 2. The molecule has 9 nitrogen and oxygen atoms in total. The van der Waals surface area contributed by atoms with Crippen molar-refractivity contribution in [2.24, 2.45) is 5.92 Å². The van der Waals surface area contributed by atoms with Crippen LogP contribution in [-0.2, 0) is 14.4 Å². The number of carbonyl (C=O) groups excluding carboxylic acids is 3. The standard InChI is InChI=1S/C25H26Cl2N4O5S/c1-37-19-6-4-15(21(26)22(19)27)5-7-20(32)31-11-8-16(9-12-31)24(34)30-18(25(35)36)14-29-23(33)17-3-2-10-28-13-17/h2-7,10,13,16,18H,8-9,11-12,14H2,1H3,(H,29,33)(H,30,34)(H,35,36)/b7-5+/t18-/m0/s1. The number of aromatic nitrogens is 1. The SMILES string of the molecule is CSc1ccc(/C=C/C(=O)N2CCC(C(=O)N[C@@H](CNC(=O)c3cccnc3)C(=O)O)CC2)c(Cl)c1Cl. The van der Waals surface area contributed by atoms with Crippen LogP contribution in [0, 0.1) is 5.92 Å². The summed E-state index contributed by atoms with van der Waals surface area (Å²) < 4.78 is 0. The number of likely N-dealkylation sites (tertiary alicyclic amines) is 1. The first-order valence-electron chi connectivity index (χ1n) is 11.4. The zero-order valence-electron chi connectivity index (χ0n) is 19.9. The van der Waals surface area contributed by atoms with Gasteiger partial charge in [-0.05, 0) is 48.9 Å². The normalized spacial score (nSPS) is 14.8. The number of hydrogen-bond acceptors (Lipinski definition) is 6. The molecule has 2 aromatic rings. The Balaban J connectivity index is 1.50. The summed E-state index contributed by atoms with van der Waals surface area (Å²) in [6.45, 7) is 0.411. The number of benzene rings is 1. The topological polar surface area (TPSA) is 129 Å². The number of rotatable bonds is 9. The number of amides is 3. The lowest BCUT2D eigenvalue weighted by Gasteiger charge is -2.31. The minimum absolute atomic E-state index is 0.221. The molecule has 2 heterocycles. The average Bonchev–Trinajstić information content (AvgIpc) is 2.91. The highest BCUT2D eigenvalue weighted by Crippen LogP contribution is 2.35. The van der Waals surface area contributed by atoms with Gasteiger partial charge >= 0.3 is 5.97 Å². The molecule has 0 unspecified atom stereocenters. The largest absolute Gasteiger partial charge is 0.480 e. The van der Waals surface area contributed by atoms with Crippen molar-refractivity contribution in [2.75, 3.05) is 25.9 Å². The molecule has 0 aliphatic carbocycles. The molecule has 12 heteroatoms. The molecule has 1 aliphatic rings. The van der Waals surface area contributed by atoms with E-state index in [4.69, 9.17) is 23.2 Å². The summed E-state index contributed by atoms with van der Waals surface area (Å²) in [5.74, 6) is -2.85. The molecule has 0 spiro atoms. The van der Waals surface area contributed by atoms with E-state index in [0.717, 1.165) is 4.90 Å². The summed E-state index contributed by atoms with van der Waals surface area (Å²) >= 11 is 14.0. The summed E-state index contributed by atoms with van der Waals surface area (Å²) in [7, 11) is 0. The quantitative estimate of drug-likeness (QED) is 0.314. The lowest BCUT2D eigenvalue weighted by molar-refractivity contribution is -0.142. The van der Waals surface area contributed by atoms with Crippen LogP contribution in [0.4, 0.5) is 0 Å². The maximum atomic E-state index is 12.7. The van der Waals surface area contributed by atoms with Crippen LogP contribution < -0.4 is 10.6 Å². The smallest absolute Gasteiger partial charge is 0.328 e. The Bertz CT molecular complexity index is 1190. The number of piperidine rings is 1. The summed E-state index contributed by atoms with van der Waals surface area (Å²) in [5, 5.41) is 15.3. The predicted octanol–water partition coefficient (Wildman–Crippen LogP) is 3.36. The van der Waals surface area contributed by atoms with Gasteiger partial charge in [0.1, 0.15) is 6.04 Å². The molecule has 196 valence electrons. The van der Waals surface area contributed by atoms with Crippen molar-refractivity contribution >= 4 is 64.7 Å². The first kappa shape index (κ1) is 28.5. The van der Waals surface area contributed by atoms with Crippen molar-refractivity contribution in [3.63, 3.8) is 0 Å². The second kappa shape index (κ2) is 13.5. The van der Waals surface area contributed by atoms with Gasteiger partial charge < -0.3 is 20.6 Å². The van der Waals surface area contributed by atoms with Gasteiger partial charge in [-0.3, -0.25) is 19.4 Å². The van der Waals surface area contributed by atoms with Crippen LogP contribution in [0.15, 0.2) is 47.6 Å². The first-order chi connectivity index (χ1) is 17.7. The number of aliphatic carboxylic acids is 1. The highest BCUT2D eigenvalue weighted by Gasteiger charge is 2.30. The minimum atomic E-state index is -1.29. The Kier molecular flexibility index (Phi) is 10.4. The second-order valence-electron chi connectivity index (χ2n) is 8.27. The van der Waals surface area contributed by atoms with Gasteiger partial charge in [-0.25, -0.2) is 4.79 Å². The lowest BCUT2D eigenvalue weighted by atomic mass is 9.95. The molecule has 3 amide bonds. The summed E-state index contributed by atoms with van der Waals surface area (Å²) in [5.41, 5.74) is 0.911. The third-order valence-corrected chi connectivity index (χ3v) is 7.67. The lowest BCUT2D eigenvalue weighted by Crippen LogP contribution is -2.51. The zero-order chi connectivity index (χ0) is 26.9. The predicted molar refractivity (Wildman–Crippen MR) is 143 cm³/mol. The molecule has 1 aliphatic heterocycles. The van der Waals surface area contributed by atoms with Crippen molar-refractivity contribution < 1.29 is 24.3 Å². The van der Waals surface area contributed by atoms with Gasteiger partial charge in [-0.15, -0.1) is 11.8 Å². The van der Waals surface area contributed by atoms with Crippen molar-refractivity contribution in [3.8, 4) is 0 Å². The number of pyridine rings is 1. The average molecular weight is 565 g/mol. The van der Waals surface area contributed by atoms with Crippen molar-refractivity contribution in [3.05, 3.63) is 63.9 Å². The van der Waals surface area contributed by atoms with E-state index in [1.54, 1.807) is 29.2 Å². The Morgan fingerprint density at radius 2 is 1.92 bits per heavy atom. The number of carboxylic acids is 1. The fraction of sp³-hybridized carbons (Fsp3) is 0.320. The van der Waals surface area contributed by atoms with Crippen LogP contribution >= 0.6 is 35.0 Å². The maximum absolute atomic E-state index is 12.7. The van der Waals surface area contributed by atoms with Gasteiger partial charge in [0.15, 0.2) is 0 Å². The van der Waals surface area contributed by atoms with Crippen LogP contribution in [0.3, 0.4) is 0 Å². The maximum Gasteiger partial charge on any atom is 0.328 e. The van der Waals surface area contributed by atoms with E-state index in [1.807, 2.05) is 12.3 Å². The number of hydrogen-bond donors (Lipinski definition) is 3. The van der Waals surface area contributed by atoms with E-state index < -0.39 is 29.7 Å². The molecule has 0 saturated carbocycles. The molecule has 1 aromatic heterocycles. The van der Waals surface area contributed by atoms with Crippen molar-refractivity contribution in [1.29, 1.82) is 0 Å². The molecule has 0 radical (unpaired) electrons. The molecular formula is C25H26Cl2N4O5S. The number of thioether (sulfide) groups is 1. The summed E-state index contributed by atoms with van der Waals surface area (Å²) in [4.78, 5) is 55.4. The summed E-state index contributed by atoms with van der Waals surface area (Å²) in [6.07, 6.45) is 8.56. The monoisotopic (exact) mass is 564 g/mol. The van der Waals surface area contributed by atoms with E-state index >= 15 is 0 Å². The number of carbonyl (C=O) groups is 4. The number of halogens is 2. The Hall–Kier alpha value is -3.08. The van der Waals surface area contributed by atoms with Crippen molar-refractivity contribution in [1.82, 2.24) is 20.5 Å². The fourth-order valence-electron chi connectivity index (χ4n) is 3.75. The van der Waals surface area contributed by atoms with Crippen molar-refractivity contribution in [2.45, 2.75) is 23.8 Å². The minimum Gasteiger partial charge on any atom is -0.480 e. The van der Waals surface area contributed by atoms with E-state index in [2.05, 4.69) is 15.6 Å². The van der Waals surface area contributed by atoms with Crippen LogP contribution in [0.5, 0.6) is 0 Å². The molecule has 0 bridgehead atoms. The molecule has 3 N–H and O–H groups in total. The van der Waals surface area contributed by atoms with Crippen LogP contribution in [0.2, 0.25) is 10.0 Å². The number of carboxylic acid groups (broad SMARTS) is 1. The van der Waals surface area contributed by atoms with E-state index in [0.29, 0.717) is 41.5 Å². The van der Waals surface area contributed by atoms with Gasteiger partial charge in [0.2, 0.25) is 11.8 Å². The van der Waals surface area contributed by atoms with Gasteiger partial charge in [0.25, 0.3) is 5.91 Å². The van der Waals surface area contributed by atoms with E-state index in [-0.39, 0.29) is 18.0 Å². The van der Waals surface area contributed by atoms with Crippen LogP contribution in [-0.4, -0.2) is 70.6 Å².